The quantitative estimate of drug-likeness (QED) is 0.783. The highest BCUT2D eigenvalue weighted by Gasteiger charge is 2.21. The molecule has 2 aromatic carbocycles. The van der Waals surface area contributed by atoms with E-state index in [0.29, 0.717) is 11.1 Å². The molecule has 124 valence electrons. The molecule has 1 unspecified atom stereocenters. The number of hydrogen-bond donors (Lipinski definition) is 2. The van der Waals surface area contributed by atoms with Crippen LogP contribution in [-0.2, 0) is 11.2 Å². The van der Waals surface area contributed by atoms with E-state index < -0.39 is 11.9 Å². The van der Waals surface area contributed by atoms with E-state index in [9.17, 15) is 9.59 Å². The number of amides is 2. The molecule has 0 aromatic heterocycles. The van der Waals surface area contributed by atoms with Gasteiger partial charge in [0.2, 0.25) is 5.91 Å². The van der Waals surface area contributed by atoms with Gasteiger partial charge in [0.15, 0.2) is 0 Å². The number of hydrogen-bond acceptors (Lipinski definition) is 4. The number of benzene rings is 2. The molecule has 1 atom stereocenters. The normalized spacial score (nSPS) is 10.8. The molecule has 0 bridgehead atoms. The van der Waals surface area contributed by atoms with Crippen LogP contribution in [0.1, 0.15) is 21.5 Å². The SMILES string of the molecule is N#CCNC(=O)C(Cc1ccc(C#N)cc1)NC(=O)c1ccccc1. The predicted molar refractivity (Wildman–Crippen MR) is 91.2 cm³/mol. The number of carbonyl (C=O) groups excluding carboxylic acids is 2. The van der Waals surface area contributed by atoms with Gasteiger partial charge in [-0.2, -0.15) is 10.5 Å². The molecule has 2 rings (SSSR count). The van der Waals surface area contributed by atoms with Crippen molar-refractivity contribution in [2.75, 3.05) is 6.54 Å². The molecule has 0 aliphatic heterocycles. The lowest BCUT2D eigenvalue weighted by Gasteiger charge is -2.18. The summed E-state index contributed by atoms with van der Waals surface area (Å²) in [5, 5.41) is 22.6. The van der Waals surface area contributed by atoms with E-state index in [-0.39, 0.29) is 18.9 Å². The zero-order valence-corrected chi connectivity index (χ0v) is 13.4. The predicted octanol–water partition coefficient (Wildman–Crippen LogP) is 1.54. The lowest BCUT2D eigenvalue weighted by atomic mass is 10.0. The Morgan fingerprint density at radius 2 is 1.68 bits per heavy atom. The highest BCUT2D eigenvalue weighted by molar-refractivity contribution is 5.97. The number of rotatable bonds is 6. The van der Waals surface area contributed by atoms with E-state index >= 15 is 0 Å². The van der Waals surface area contributed by atoms with Crippen LogP contribution in [0.2, 0.25) is 0 Å². The molecule has 2 aromatic rings. The summed E-state index contributed by atoms with van der Waals surface area (Å²) in [6, 6.07) is 18.4. The molecule has 0 fully saturated rings. The van der Waals surface area contributed by atoms with Crippen LogP contribution >= 0.6 is 0 Å². The van der Waals surface area contributed by atoms with Crippen molar-refractivity contribution < 1.29 is 9.59 Å². The molecule has 0 saturated carbocycles. The van der Waals surface area contributed by atoms with Crippen LogP contribution in [0, 0.1) is 22.7 Å². The summed E-state index contributed by atoms with van der Waals surface area (Å²) in [7, 11) is 0. The smallest absolute Gasteiger partial charge is 0.251 e. The van der Waals surface area contributed by atoms with Crippen LogP contribution in [-0.4, -0.2) is 24.4 Å². The summed E-state index contributed by atoms with van der Waals surface area (Å²) in [5.41, 5.74) is 1.76. The third-order valence-electron chi connectivity index (χ3n) is 3.52. The summed E-state index contributed by atoms with van der Waals surface area (Å²) >= 11 is 0. The Bertz CT molecular complexity index is 817. The summed E-state index contributed by atoms with van der Waals surface area (Å²) < 4.78 is 0. The van der Waals surface area contributed by atoms with Gasteiger partial charge in [0.25, 0.3) is 5.91 Å². The molecule has 2 amide bonds. The fraction of sp³-hybridized carbons (Fsp3) is 0.158. The first-order chi connectivity index (χ1) is 12.1. The number of nitriles is 2. The van der Waals surface area contributed by atoms with E-state index in [1.54, 1.807) is 54.6 Å². The van der Waals surface area contributed by atoms with Gasteiger partial charge >= 0.3 is 0 Å². The van der Waals surface area contributed by atoms with Crippen molar-refractivity contribution >= 4 is 11.8 Å². The summed E-state index contributed by atoms with van der Waals surface area (Å²) in [5.74, 6) is -0.804. The second kappa shape index (κ2) is 8.85. The van der Waals surface area contributed by atoms with Crippen LogP contribution in [0.25, 0.3) is 0 Å². The van der Waals surface area contributed by atoms with Crippen LogP contribution in [0.15, 0.2) is 54.6 Å². The molecular formula is C19H16N4O2. The molecule has 0 heterocycles. The Morgan fingerprint density at radius 1 is 1.00 bits per heavy atom. The van der Waals surface area contributed by atoms with Gasteiger partial charge in [-0.25, -0.2) is 0 Å². The van der Waals surface area contributed by atoms with E-state index in [1.807, 2.05) is 12.1 Å². The Morgan fingerprint density at radius 3 is 2.28 bits per heavy atom. The molecule has 0 saturated heterocycles. The molecule has 2 N–H and O–H groups in total. The van der Waals surface area contributed by atoms with E-state index in [2.05, 4.69) is 10.6 Å². The maximum Gasteiger partial charge on any atom is 0.251 e. The molecule has 0 aliphatic rings. The highest BCUT2D eigenvalue weighted by Crippen LogP contribution is 2.08. The van der Waals surface area contributed by atoms with E-state index in [4.69, 9.17) is 10.5 Å². The Balaban J connectivity index is 2.14. The van der Waals surface area contributed by atoms with Gasteiger partial charge in [-0.05, 0) is 29.8 Å². The average Bonchev–Trinajstić information content (AvgIpc) is 2.66. The Labute approximate surface area is 145 Å². The van der Waals surface area contributed by atoms with E-state index in [1.165, 1.54) is 0 Å². The van der Waals surface area contributed by atoms with Gasteiger partial charge in [0.1, 0.15) is 12.6 Å². The minimum atomic E-state index is -0.825. The summed E-state index contributed by atoms with van der Waals surface area (Å²) in [6.45, 7) is -0.135. The molecule has 0 aliphatic carbocycles. The van der Waals surface area contributed by atoms with Crippen molar-refractivity contribution in [1.29, 1.82) is 10.5 Å². The molecule has 6 heteroatoms. The number of carbonyl (C=O) groups is 2. The van der Waals surface area contributed by atoms with Crippen molar-refractivity contribution in [3.63, 3.8) is 0 Å². The van der Waals surface area contributed by atoms with Gasteiger partial charge in [0, 0.05) is 12.0 Å². The maximum absolute atomic E-state index is 12.3. The van der Waals surface area contributed by atoms with Gasteiger partial charge in [-0.3, -0.25) is 9.59 Å². The minimum Gasteiger partial charge on any atom is -0.341 e. The van der Waals surface area contributed by atoms with Crippen LogP contribution in [0.3, 0.4) is 0 Å². The van der Waals surface area contributed by atoms with Gasteiger partial charge < -0.3 is 10.6 Å². The fourth-order valence-electron chi connectivity index (χ4n) is 2.24. The summed E-state index contributed by atoms with van der Waals surface area (Å²) in [6.07, 6.45) is 0.252. The maximum atomic E-state index is 12.3. The monoisotopic (exact) mass is 332 g/mol. The second-order valence-corrected chi connectivity index (χ2v) is 5.28. The minimum absolute atomic E-state index is 0.135. The number of nitrogens with zero attached hydrogens (tertiary/aromatic N) is 2. The van der Waals surface area contributed by atoms with Crippen molar-refractivity contribution in [2.24, 2.45) is 0 Å². The zero-order valence-electron chi connectivity index (χ0n) is 13.4. The third-order valence-corrected chi connectivity index (χ3v) is 3.52. The molecule has 0 radical (unpaired) electrons. The first kappa shape index (κ1) is 17.7. The largest absolute Gasteiger partial charge is 0.341 e. The van der Waals surface area contributed by atoms with Gasteiger partial charge in [0.05, 0.1) is 17.7 Å². The average molecular weight is 332 g/mol. The third kappa shape index (κ3) is 5.19. The first-order valence-electron chi connectivity index (χ1n) is 7.63. The van der Waals surface area contributed by atoms with Crippen LogP contribution < -0.4 is 10.6 Å². The fourth-order valence-corrected chi connectivity index (χ4v) is 2.24. The van der Waals surface area contributed by atoms with Crippen molar-refractivity contribution in [3.8, 4) is 12.1 Å². The van der Waals surface area contributed by atoms with E-state index in [0.717, 1.165) is 5.56 Å². The van der Waals surface area contributed by atoms with Crippen LogP contribution in [0.5, 0.6) is 0 Å². The lowest BCUT2D eigenvalue weighted by molar-refractivity contribution is -0.122. The van der Waals surface area contributed by atoms with Crippen molar-refractivity contribution in [3.05, 3.63) is 71.3 Å². The Kier molecular flexibility index (Phi) is 6.27. The molecular weight excluding hydrogens is 316 g/mol. The number of nitrogens with one attached hydrogen (secondary N) is 2. The topological polar surface area (TPSA) is 106 Å². The first-order valence-corrected chi connectivity index (χ1v) is 7.63. The highest BCUT2D eigenvalue weighted by atomic mass is 16.2. The molecule has 25 heavy (non-hydrogen) atoms. The van der Waals surface area contributed by atoms with Gasteiger partial charge in [-0.1, -0.05) is 30.3 Å². The zero-order chi connectivity index (χ0) is 18.1. The Hall–Kier alpha value is -3.64. The second-order valence-electron chi connectivity index (χ2n) is 5.28. The van der Waals surface area contributed by atoms with Crippen molar-refractivity contribution in [2.45, 2.75) is 12.5 Å². The van der Waals surface area contributed by atoms with Crippen molar-refractivity contribution in [1.82, 2.24) is 10.6 Å². The lowest BCUT2D eigenvalue weighted by Crippen LogP contribution is -2.48. The van der Waals surface area contributed by atoms with Gasteiger partial charge in [-0.15, -0.1) is 0 Å². The molecule has 0 spiro atoms. The standard InChI is InChI=1S/C19H16N4O2/c20-10-11-22-19(25)17(12-14-6-8-15(13-21)9-7-14)23-18(24)16-4-2-1-3-5-16/h1-9,17H,11-12H2,(H,22,25)(H,23,24). The molecule has 6 nitrogen and oxygen atoms in total. The van der Waals surface area contributed by atoms with Crippen LogP contribution in [0.4, 0.5) is 0 Å². The summed E-state index contributed by atoms with van der Waals surface area (Å²) in [4.78, 5) is 24.6.